The van der Waals surface area contributed by atoms with E-state index in [0.29, 0.717) is 17.9 Å². The van der Waals surface area contributed by atoms with E-state index in [9.17, 15) is 14.0 Å². The molecule has 0 heterocycles. The van der Waals surface area contributed by atoms with E-state index in [1.165, 1.54) is 12.1 Å². The van der Waals surface area contributed by atoms with Gasteiger partial charge in [0.15, 0.2) is 0 Å². The zero-order chi connectivity index (χ0) is 18.9. The Labute approximate surface area is 151 Å². The van der Waals surface area contributed by atoms with Gasteiger partial charge in [-0.2, -0.15) is 0 Å². The van der Waals surface area contributed by atoms with Crippen LogP contribution in [0, 0.1) is 12.7 Å². The third-order valence-electron chi connectivity index (χ3n) is 3.52. The van der Waals surface area contributed by atoms with Crippen LogP contribution in [-0.2, 0) is 14.3 Å². The Morgan fingerprint density at radius 2 is 1.81 bits per heavy atom. The summed E-state index contributed by atoms with van der Waals surface area (Å²) in [4.78, 5) is 23.2. The Bertz CT molecular complexity index is 801. The summed E-state index contributed by atoms with van der Waals surface area (Å²) in [5.41, 5.74) is 2.53. The van der Waals surface area contributed by atoms with Crippen LogP contribution in [0.4, 0.5) is 15.8 Å². The third-order valence-corrected chi connectivity index (χ3v) is 3.52. The molecule has 26 heavy (non-hydrogen) atoms. The molecule has 0 saturated carbocycles. The van der Waals surface area contributed by atoms with Crippen molar-refractivity contribution in [3.63, 3.8) is 0 Å². The van der Waals surface area contributed by atoms with Crippen LogP contribution in [0.25, 0.3) is 6.08 Å². The number of carbonyl (C=O) groups excluding carboxylic acids is 2. The van der Waals surface area contributed by atoms with Crippen LogP contribution >= 0.6 is 0 Å². The Hall–Kier alpha value is -3.15. The first-order valence-corrected chi connectivity index (χ1v) is 8.22. The first-order valence-electron chi connectivity index (χ1n) is 8.22. The Morgan fingerprint density at radius 3 is 2.46 bits per heavy atom. The highest BCUT2D eigenvalue weighted by Gasteiger charge is 2.05. The molecular formula is C20H21FN2O3. The predicted molar refractivity (Wildman–Crippen MR) is 100 cm³/mol. The number of rotatable bonds is 7. The number of nitrogens with one attached hydrogen (secondary N) is 2. The molecule has 0 aliphatic rings. The number of halogens is 1. The number of ether oxygens (including phenoxy) is 1. The molecule has 0 bridgehead atoms. The molecule has 0 aromatic heterocycles. The van der Waals surface area contributed by atoms with Crippen LogP contribution in [0.3, 0.4) is 0 Å². The van der Waals surface area contributed by atoms with E-state index in [0.717, 1.165) is 11.3 Å². The quantitative estimate of drug-likeness (QED) is 0.585. The van der Waals surface area contributed by atoms with Gasteiger partial charge in [-0.3, -0.25) is 4.79 Å². The van der Waals surface area contributed by atoms with Gasteiger partial charge in [-0.25, -0.2) is 9.18 Å². The molecule has 0 radical (unpaired) electrons. The van der Waals surface area contributed by atoms with E-state index in [1.54, 1.807) is 44.2 Å². The minimum Gasteiger partial charge on any atom is -0.463 e. The number of hydrogen-bond donors (Lipinski definition) is 2. The first-order chi connectivity index (χ1) is 12.5. The molecule has 2 N–H and O–H groups in total. The number of esters is 1. The number of amides is 1. The van der Waals surface area contributed by atoms with Gasteiger partial charge < -0.3 is 15.4 Å². The fraction of sp³-hybridized carbons (Fsp3) is 0.200. The molecule has 2 aromatic carbocycles. The average molecular weight is 356 g/mol. The van der Waals surface area contributed by atoms with Crippen LogP contribution < -0.4 is 10.6 Å². The van der Waals surface area contributed by atoms with Gasteiger partial charge >= 0.3 is 5.97 Å². The van der Waals surface area contributed by atoms with Crippen molar-refractivity contribution in [2.24, 2.45) is 0 Å². The van der Waals surface area contributed by atoms with Gasteiger partial charge in [0, 0.05) is 17.5 Å². The highest BCUT2D eigenvalue weighted by molar-refractivity contribution is 5.93. The van der Waals surface area contributed by atoms with E-state index in [4.69, 9.17) is 4.74 Å². The lowest BCUT2D eigenvalue weighted by atomic mass is 10.2. The lowest BCUT2D eigenvalue weighted by Crippen LogP contribution is -2.21. The lowest BCUT2D eigenvalue weighted by molar-refractivity contribution is -0.137. The average Bonchev–Trinajstić information content (AvgIpc) is 2.62. The molecule has 0 fully saturated rings. The summed E-state index contributed by atoms with van der Waals surface area (Å²) < 4.78 is 18.3. The molecule has 0 spiro atoms. The molecule has 0 aliphatic heterocycles. The Morgan fingerprint density at radius 1 is 1.12 bits per heavy atom. The fourth-order valence-corrected chi connectivity index (χ4v) is 2.12. The zero-order valence-corrected chi connectivity index (χ0v) is 14.7. The first kappa shape index (κ1) is 19.2. The molecule has 2 rings (SSSR count). The summed E-state index contributed by atoms with van der Waals surface area (Å²) in [6.07, 6.45) is 3.01. The van der Waals surface area contributed by atoms with Gasteiger partial charge in [-0.15, -0.1) is 0 Å². The molecule has 0 unspecified atom stereocenters. The second kappa shape index (κ2) is 9.36. The van der Waals surface area contributed by atoms with Crippen molar-refractivity contribution >= 4 is 29.3 Å². The highest BCUT2D eigenvalue weighted by atomic mass is 19.1. The van der Waals surface area contributed by atoms with Crippen LogP contribution in [0.1, 0.15) is 18.1 Å². The SMILES string of the molecule is CCOC(=O)/C=C/c1ccc(NCC(=O)Nc2ccc(C)c(F)c2)cc1. The largest absolute Gasteiger partial charge is 0.463 e. The predicted octanol–water partition coefficient (Wildman–Crippen LogP) is 3.76. The molecule has 6 heteroatoms. The van der Waals surface area contributed by atoms with Crippen molar-refractivity contribution < 1.29 is 18.7 Å². The number of hydrogen-bond acceptors (Lipinski definition) is 4. The van der Waals surface area contributed by atoms with E-state index < -0.39 is 0 Å². The van der Waals surface area contributed by atoms with Gasteiger partial charge in [0.05, 0.1) is 13.2 Å². The molecule has 0 aliphatic carbocycles. The highest BCUT2D eigenvalue weighted by Crippen LogP contribution is 2.14. The minimum absolute atomic E-state index is 0.0491. The minimum atomic E-state index is -0.390. The molecule has 2 aromatic rings. The van der Waals surface area contributed by atoms with Crippen LogP contribution in [0.2, 0.25) is 0 Å². The summed E-state index contributed by atoms with van der Waals surface area (Å²) in [6.45, 7) is 3.79. The summed E-state index contributed by atoms with van der Waals surface area (Å²) in [6, 6.07) is 11.8. The van der Waals surface area contributed by atoms with Crippen molar-refractivity contribution in [1.29, 1.82) is 0 Å². The topological polar surface area (TPSA) is 67.4 Å². The smallest absolute Gasteiger partial charge is 0.330 e. The summed E-state index contributed by atoms with van der Waals surface area (Å²) in [5, 5.41) is 5.61. The van der Waals surface area contributed by atoms with Crippen LogP contribution in [-0.4, -0.2) is 25.0 Å². The van der Waals surface area contributed by atoms with Crippen molar-refractivity contribution in [2.75, 3.05) is 23.8 Å². The molecule has 136 valence electrons. The number of anilines is 2. The van der Waals surface area contributed by atoms with Gasteiger partial charge in [0.25, 0.3) is 0 Å². The van der Waals surface area contributed by atoms with E-state index in [2.05, 4.69) is 10.6 Å². The van der Waals surface area contributed by atoms with Crippen molar-refractivity contribution in [3.8, 4) is 0 Å². The molecule has 5 nitrogen and oxygen atoms in total. The molecule has 0 saturated heterocycles. The monoisotopic (exact) mass is 356 g/mol. The summed E-state index contributed by atoms with van der Waals surface area (Å²) in [5.74, 6) is -1.03. The van der Waals surface area contributed by atoms with Crippen molar-refractivity contribution in [2.45, 2.75) is 13.8 Å². The number of aryl methyl sites for hydroxylation is 1. The number of benzene rings is 2. The van der Waals surface area contributed by atoms with E-state index in [1.807, 2.05) is 12.1 Å². The molecular weight excluding hydrogens is 335 g/mol. The normalized spacial score (nSPS) is 10.6. The van der Waals surface area contributed by atoms with Crippen molar-refractivity contribution in [1.82, 2.24) is 0 Å². The molecule has 1 amide bonds. The Kier molecular flexibility index (Phi) is 6.91. The lowest BCUT2D eigenvalue weighted by Gasteiger charge is -2.09. The van der Waals surface area contributed by atoms with Gasteiger partial charge in [-0.05, 0) is 55.3 Å². The Balaban J connectivity index is 1.84. The maximum Gasteiger partial charge on any atom is 0.330 e. The van der Waals surface area contributed by atoms with Crippen molar-refractivity contribution in [3.05, 3.63) is 65.5 Å². The van der Waals surface area contributed by atoms with Gasteiger partial charge in [0.2, 0.25) is 5.91 Å². The second-order valence-electron chi connectivity index (χ2n) is 5.57. The zero-order valence-electron chi connectivity index (χ0n) is 14.7. The third kappa shape index (κ3) is 6.05. The van der Waals surface area contributed by atoms with Gasteiger partial charge in [0.1, 0.15) is 5.82 Å². The number of carbonyl (C=O) groups is 2. The van der Waals surface area contributed by atoms with Crippen LogP contribution in [0.5, 0.6) is 0 Å². The summed E-state index contributed by atoms with van der Waals surface area (Å²) >= 11 is 0. The summed E-state index contributed by atoms with van der Waals surface area (Å²) in [7, 11) is 0. The second-order valence-corrected chi connectivity index (χ2v) is 5.57. The maximum absolute atomic E-state index is 13.5. The van der Waals surface area contributed by atoms with E-state index >= 15 is 0 Å². The maximum atomic E-state index is 13.5. The fourth-order valence-electron chi connectivity index (χ4n) is 2.12. The molecule has 0 atom stereocenters. The van der Waals surface area contributed by atoms with Crippen LogP contribution in [0.15, 0.2) is 48.5 Å². The standard InChI is InChI=1S/C20H21FN2O3/c1-3-26-20(25)11-7-15-5-9-16(10-6-15)22-13-19(24)23-17-8-4-14(2)18(21)12-17/h4-12,22H,3,13H2,1-2H3,(H,23,24)/b11-7+. The van der Waals surface area contributed by atoms with E-state index in [-0.39, 0.29) is 24.2 Å². The van der Waals surface area contributed by atoms with Gasteiger partial charge in [-0.1, -0.05) is 18.2 Å².